The van der Waals surface area contributed by atoms with Crippen molar-refractivity contribution in [2.24, 2.45) is 0 Å². The molecule has 0 atom stereocenters. The fraction of sp³-hybridized carbons (Fsp3) is 0.250. The molecule has 2 rings (SSSR count). The third-order valence-electron chi connectivity index (χ3n) is 2.26. The quantitative estimate of drug-likeness (QED) is 0.888. The zero-order valence-corrected chi connectivity index (χ0v) is 10.3. The van der Waals surface area contributed by atoms with E-state index >= 15 is 0 Å². The summed E-state index contributed by atoms with van der Waals surface area (Å²) < 4.78 is 19.2. The van der Waals surface area contributed by atoms with Crippen LogP contribution in [0.5, 0.6) is 5.75 Å². The summed E-state index contributed by atoms with van der Waals surface area (Å²) in [4.78, 5) is 4.92. The molecule has 2 aromatic rings. The van der Waals surface area contributed by atoms with Crippen LogP contribution in [0.1, 0.15) is 10.4 Å². The number of thiazole rings is 1. The molecule has 0 bridgehead atoms. The summed E-state index contributed by atoms with van der Waals surface area (Å²) >= 11 is 1.49. The van der Waals surface area contributed by atoms with Gasteiger partial charge in [-0.25, -0.2) is 4.39 Å². The van der Waals surface area contributed by atoms with Crippen molar-refractivity contribution in [2.45, 2.75) is 13.2 Å². The number of nitrogens with zero attached hydrogens (tertiary/aromatic N) is 1. The van der Waals surface area contributed by atoms with E-state index in [2.05, 4.69) is 10.3 Å². The summed E-state index contributed by atoms with van der Waals surface area (Å²) in [5.41, 5.74) is 2.55. The second-order valence-electron chi connectivity index (χ2n) is 3.51. The molecule has 0 unspecified atom stereocenters. The highest BCUT2D eigenvalue weighted by Gasteiger charge is 2.09. The number of halogens is 1. The molecule has 0 spiro atoms. The van der Waals surface area contributed by atoms with E-state index in [-0.39, 0.29) is 5.82 Å². The molecule has 0 saturated heterocycles. The first-order valence-electron chi connectivity index (χ1n) is 5.23. The van der Waals surface area contributed by atoms with Gasteiger partial charge in [0.05, 0.1) is 10.4 Å². The van der Waals surface area contributed by atoms with Crippen LogP contribution in [-0.4, -0.2) is 12.0 Å². The maximum absolute atomic E-state index is 13.6. The van der Waals surface area contributed by atoms with Crippen molar-refractivity contribution in [3.63, 3.8) is 0 Å². The predicted octanol–water partition coefficient (Wildman–Crippen LogP) is 2.58. The van der Waals surface area contributed by atoms with Crippen LogP contribution in [0.15, 0.2) is 29.9 Å². The van der Waals surface area contributed by atoms with E-state index in [1.807, 2.05) is 13.1 Å². The highest BCUT2D eigenvalue weighted by atomic mass is 32.1. The number of rotatable bonds is 5. The van der Waals surface area contributed by atoms with E-state index in [0.717, 1.165) is 10.4 Å². The van der Waals surface area contributed by atoms with Crippen LogP contribution in [0.2, 0.25) is 0 Å². The zero-order valence-electron chi connectivity index (χ0n) is 9.44. The molecule has 0 fully saturated rings. The standard InChI is InChI=1S/C12H13FN2OS/c1-14-5-9-3-2-4-11(13)12(9)16-7-10-6-15-8-17-10/h2-4,6,8,14H,5,7H2,1H3. The minimum absolute atomic E-state index is 0.315. The maximum Gasteiger partial charge on any atom is 0.165 e. The maximum atomic E-state index is 13.6. The lowest BCUT2D eigenvalue weighted by molar-refractivity contribution is 0.289. The number of hydrogen-bond acceptors (Lipinski definition) is 4. The zero-order chi connectivity index (χ0) is 12.1. The second-order valence-corrected chi connectivity index (χ2v) is 4.49. The highest BCUT2D eigenvalue weighted by Crippen LogP contribution is 2.24. The third-order valence-corrected chi connectivity index (χ3v) is 3.01. The van der Waals surface area contributed by atoms with Crippen LogP contribution >= 0.6 is 11.3 Å². The van der Waals surface area contributed by atoms with Crippen LogP contribution < -0.4 is 10.1 Å². The monoisotopic (exact) mass is 252 g/mol. The SMILES string of the molecule is CNCc1cccc(F)c1OCc1cncs1. The molecule has 90 valence electrons. The van der Waals surface area contributed by atoms with Crippen molar-refractivity contribution in [1.29, 1.82) is 0 Å². The minimum atomic E-state index is -0.331. The van der Waals surface area contributed by atoms with E-state index in [9.17, 15) is 4.39 Å². The van der Waals surface area contributed by atoms with Crippen molar-refractivity contribution in [3.05, 3.63) is 46.2 Å². The molecule has 1 aromatic heterocycles. The van der Waals surface area contributed by atoms with E-state index in [4.69, 9.17) is 4.74 Å². The summed E-state index contributed by atoms with van der Waals surface area (Å²) in [6.07, 6.45) is 1.73. The molecule has 0 aliphatic rings. The lowest BCUT2D eigenvalue weighted by atomic mass is 10.2. The van der Waals surface area contributed by atoms with Crippen LogP contribution in [-0.2, 0) is 13.2 Å². The fourth-order valence-electron chi connectivity index (χ4n) is 1.50. The molecule has 1 N–H and O–H groups in total. The number of hydrogen-bond donors (Lipinski definition) is 1. The molecule has 17 heavy (non-hydrogen) atoms. The summed E-state index contributed by atoms with van der Waals surface area (Å²) in [6.45, 7) is 0.929. The van der Waals surface area contributed by atoms with Gasteiger partial charge in [0, 0.05) is 18.3 Å². The van der Waals surface area contributed by atoms with Crippen LogP contribution in [0, 0.1) is 5.82 Å². The van der Waals surface area contributed by atoms with Gasteiger partial charge in [0.25, 0.3) is 0 Å². The molecule has 5 heteroatoms. The van der Waals surface area contributed by atoms with E-state index < -0.39 is 0 Å². The van der Waals surface area contributed by atoms with Gasteiger partial charge in [-0.2, -0.15) is 0 Å². The Balaban J connectivity index is 2.13. The average molecular weight is 252 g/mol. The number of aromatic nitrogens is 1. The van der Waals surface area contributed by atoms with Crippen molar-refractivity contribution in [1.82, 2.24) is 10.3 Å². The van der Waals surface area contributed by atoms with Gasteiger partial charge in [-0.15, -0.1) is 11.3 Å². The molecule has 0 aliphatic carbocycles. The lowest BCUT2D eigenvalue weighted by Crippen LogP contribution is -2.08. The molecular formula is C12H13FN2OS. The third kappa shape index (κ3) is 3.01. The molecule has 1 heterocycles. The minimum Gasteiger partial charge on any atom is -0.485 e. The Bertz CT molecular complexity index is 473. The first-order chi connectivity index (χ1) is 8.31. The number of benzene rings is 1. The summed E-state index contributed by atoms with van der Waals surface area (Å²) in [7, 11) is 1.82. The van der Waals surface area contributed by atoms with Gasteiger partial charge in [-0.05, 0) is 13.1 Å². The van der Waals surface area contributed by atoms with Gasteiger partial charge in [0.15, 0.2) is 11.6 Å². The number of nitrogens with one attached hydrogen (secondary N) is 1. The average Bonchev–Trinajstić information content (AvgIpc) is 2.82. The number of ether oxygens (including phenoxy) is 1. The fourth-order valence-corrected chi connectivity index (χ4v) is 2.01. The van der Waals surface area contributed by atoms with Crippen LogP contribution in [0.4, 0.5) is 4.39 Å². The Kier molecular flexibility index (Phi) is 4.06. The van der Waals surface area contributed by atoms with Crippen molar-refractivity contribution in [2.75, 3.05) is 7.05 Å². The first-order valence-corrected chi connectivity index (χ1v) is 6.11. The predicted molar refractivity (Wildman–Crippen MR) is 65.6 cm³/mol. The van der Waals surface area contributed by atoms with Crippen LogP contribution in [0.3, 0.4) is 0 Å². The summed E-state index contributed by atoms with van der Waals surface area (Å²) in [6, 6.07) is 4.93. The van der Waals surface area contributed by atoms with Gasteiger partial charge < -0.3 is 10.1 Å². The second kappa shape index (κ2) is 5.75. The van der Waals surface area contributed by atoms with Gasteiger partial charge in [0.2, 0.25) is 0 Å². The van der Waals surface area contributed by atoms with Crippen molar-refractivity contribution < 1.29 is 9.13 Å². The Hall–Kier alpha value is -1.46. The molecule has 0 radical (unpaired) electrons. The molecule has 0 amide bonds. The van der Waals surface area contributed by atoms with Gasteiger partial charge >= 0.3 is 0 Å². The molecule has 1 aromatic carbocycles. The summed E-state index contributed by atoms with van der Waals surface area (Å²) in [5, 5.41) is 2.99. The highest BCUT2D eigenvalue weighted by molar-refractivity contribution is 7.09. The van der Waals surface area contributed by atoms with Gasteiger partial charge in [0.1, 0.15) is 6.61 Å². The Morgan fingerprint density at radius 3 is 3.06 bits per heavy atom. The Labute approximate surface area is 103 Å². The molecule has 3 nitrogen and oxygen atoms in total. The smallest absolute Gasteiger partial charge is 0.165 e. The molecular weight excluding hydrogens is 239 g/mol. The van der Waals surface area contributed by atoms with Gasteiger partial charge in [-0.3, -0.25) is 4.98 Å². The lowest BCUT2D eigenvalue weighted by Gasteiger charge is -2.11. The Morgan fingerprint density at radius 1 is 1.47 bits per heavy atom. The largest absolute Gasteiger partial charge is 0.485 e. The summed E-state index contributed by atoms with van der Waals surface area (Å²) in [5.74, 6) is -0.0162. The van der Waals surface area contributed by atoms with E-state index in [0.29, 0.717) is 18.9 Å². The van der Waals surface area contributed by atoms with E-state index in [1.54, 1.807) is 17.8 Å². The van der Waals surface area contributed by atoms with Crippen molar-refractivity contribution >= 4 is 11.3 Å². The number of para-hydroxylation sites is 1. The van der Waals surface area contributed by atoms with Crippen molar-refractivity contribution in [3.8, 4) is 5.75 Å². The topological polar surface area (TPSA) is 34.1 Å². The molecule has 0 saturated carbocycles. The molecule has 0 aliphatic heterocycles. The normalized spacial score (nSPS) is 10.5. The van der Waals surface area contributed by atoms with E-state index in [1.165, 1.54) is 17.4 Å². The van der Waals surface area contributed by atoms with Crippen LogP contribution in [0.25, 0.3) is 0 Å². The Morgan fingerprint density at radius 2 is 2.35 bits per heavy atom. The first kappa shape index (κ1) is 12.0. The van der Waals surface area contributed by atoms with Gasteiger partial charge in [-0.1, -0.05) is 12.1 Å².